The van der Waals surface area contributed by atoms with Crippen LogP contribution in [-0.2, 0) is 16.2 Å². The second-order valence-electron chi connectivity index (χ2n) is 8.04. The Labute approximate surface area is 246 Å². The van der Waals surface area contributed by atoms with Gasteiger partial charge in [0.05, 0.1) is 26.4 Å². The van der Waals surface area contributed by atoms with Crippen LogP contribution >= 0.6 is 58.0 Å². The molecule has 0 aliphatic carbocycles. The smallest absolute Gasteiger partial charge is 0.270 e. The van der Waals surface area contributed by atoms with E-state index >= 15 is 0 Å². The minimum Gasteiger partial charge on any atom is -0.493 e. The van der Waals surface area contributed by atoms with Gasteiger partial charge < -0.3 is 18.9 Å². The molecule has 0 saturated carbocycles. The fourth-order valence-electron chi connectivity index (χ4n) is 3.86. The van der Waals surface area contributed by atoms with Crippen molar-refractivity contribution >= 4 is 86.7 Å². The number of methoxy groups -OCH3 is 1. The highest BCUT2D eigenvalue weighted by atomic mass is 127. The van der Waals surface area contributed by atoms with Crippen molar-refractivity contribution in [1.29, 1.82) is 0 Å². The summed E-state index contributed by atoms with van der Waals surface area (Å²) in [5.74, 6) is 1.03. The van der Waals surface area contributed by atoms with Crippen molar-refractivity contribution < 1.29 is 28.5 Å². The molecular weight excluding hydrogens is 666 g/mol. The van der Waals surface area contributed by atoms with Gasteiger partial charge in [-0.3, -0.25) is 19.8 Å². The molecular formula is C26H17Cl2IN2O6S. The lowest BCUT2D eigenvalue weighted by atomic mass is 10.1. The molecule has 3 aromatic carbocycles. The van der Waals surface area contributed by atoms with E-state index in [1.165, 1.54) is 13.2 Å². The molecule has 2 amide bonds. The molecule has 1 N–H and O–H groups in total. The Hall–Kier alpha value is -3.06. The number of hydrogen-bond donors (Lipinski definition) is 1. The van der Waals surface area contributed by atoms with E-state index in [4.69, 9.17) is 54.4 Å². The number of nitrogens with zero attached hydrogens (tertiary/aromatic N) is 1. The van der Waals surface area contributed by atoms with E-state index in [1.54, 1.807) is 30.3 Å². The third kappa shape index (κ3) is 5.13. The molecule has 38 heavy (non-hydrogen) atoms. The van der Waals surface area contributed by atoms with Crippen LogP contribution in [0.4, 0.5) is 5.69 Å². The minimum absolute atomic E-state index is 0.0965. The number of hydrogen-bond acceptors (Lipinski definition) is 7. The van der Waals surface area contributed by atoms with Crippen LogP contribution in [0.3, 0.4) is 0 Å². The number of carbonyl (C=O) groups excluding carboxylic acids is 2. The molecule has 2 aliphatic rings. The van der Waals surface area contributed by atoms with Gasteiger partial charge in [-0.25, -0.2) is 0 Å². The summed E-state index contributed by atoms with van der Waals surface area (Å²) in [6, 6.07) is 13.8. The van der Waals surface area contributed by atoms with E-state index < -0.39 is 11.8 Å². The van der Waals surface area contributed by atoms with Gasteiger partial charge in [-0.15, -0.1) is 0 Å². The highest BCUT2D eigenvalue weighted by Crippen LogP contribution is 2.38. The number of fused-ring (bicyclic) bond motifs is 1. The summed E-state index contributed by atoms with van der Waals surface area (Å²) >= 11 is 19.8. The summed E-state index contributed by atoms with van der Waals surface area (Å²) in [5.41, 5.74) is 1.56. The third-order valence-electron chi connectivity index (χ3n) is 5.66. The van der Waals surface area contributed by atoms with Gasteiger partial charge in [-0.2, -0.15) is 0 Å². The van der Waals surface area contributed by atoms with Crippen LogP contribution in [0.15, 0.2) is 54.1 Å². The molecule has 0 aromatic heterocycles. The summed E-state index contributed by atoms with van der Waals surface area (Å²) in [7, 11) is 1.51. The van der Waals surface area contributed by atoms with Crippen LogP contribution < -0.4 is 29.2 Å². The van der Waals surface area contributed by atoms with E-state index in [9.17, 15) is 9.59 Å². The Kier molecular flexibility index (Phi) is 7.66. The highest BCUT2D eigenvalue weighted by molar-refractivity contribution is 14.1. The summed E-state index contributed by atoms with van der Waals surface area (Å²) in [6.07, 6.45) is 1.46. The molecule has 3 aromatic rings. The molecule has 2 aliphatic heterocycles. The van der Waals surface area contributed by atoms with Crippen molar-refractivity contribution in [2.45, 2.75) is 6.61 Å². The molecule has 8 nitrogen and oxygen atoms in total. The van der Waals surface area contributed by atoms with Gasteiger partial charge in [0.2, 0.25) is 6.79 Å². The Morgan fingerprint density at radius 3 is 2.71 bits per heavy atom. The zero-order valence-corrected chi connectivity index (χ0v) is 24.0. The van der Waals surface area contributed by atoms with Crippen molar-refractivity contribution in [2.75, 3.05) is 18.8 Å². The van der Waals surface area contributed by atoms with Crippen molar-refractivity contribution in [1.82, 2.24) is 5.32 Å². The number of nitrogens with one attached hydrogen (secondary N) is 1. The molecule has 1 fully saturated rings. The Balaban J connectivity index is 1.43. The van der Waals surface area contributed by atoms with Gasteiger partial charge in [-0.1, -0.05) is 35.3 Å². The number of thiocarbonyl (C=S) groups is 1. The molecule has 0 spiro atoms. The zero-order chi connectivity index (χ0) is 27.0. The standard InChI is InChI=1S/C26H17Cl2IN2O6S/c1-34-21-10-14(8-17(29)23(21)35-11-13-5-6-19-20(9-13)37-12-36-19)7-15-24(32)30-26(38)31(25(15)33)18-4-2-3-16(27)22(18)28/h2-10H,11-12H2,1H3,(H,30,32,38)/b15-7+. The lowest BCUT2D eigenvalue weighted by Gasteiger charge is -2.29. The summed E-state index contributed by atoms with van der Waals surface area (Å²) in [5, 5.41) is 2.83. The van der Waals surface area contributed by atoms with Crippen molar-refractivity contribution in [3.63, 3.8) is 0 Å². The first kappa shape index (κ1) is 26.5. The maximum Gasteiger partial charge on any atom is 0.270 e. The second kappa shape index (κ2) is 11.0. The van der Waals surface area contributed by atoms with Crippen molar-refractivity contribution in [2.24, 2.45) is 0 Å². The van der Waals surface area contributed by atoms with E-state index in [1.807, 2.05) is 18.2 Å². The molecule has 12 heteroatoms. The average Bonchev–Trinajstić information content (AvgIpc) is 3.36. The van der Waals surface area contributed by atoms with Crippen molar-refractivity contribution in [3.05, 3.63) is 78.8 Å². The second-order valence-corrected chi connectivity index (χ2v) is 10.4. The number of ether oxygens (including phenoxy) is 4. The van der Waals surface area contributed by atoms with Crippen LogP contribution in [0.2, 0.25) is 10.0 Å². The summed E-state index contributed by atoms with van der Waals surface area (Å²) < 4.78 is 23.1. The predicted molar refractivity (Wildman–Crippen MR) is 155 cm³/mol. The lowest BCUT2D eigenvalue weighted by molar-refractivity contribution is -0.122. The third-order valence-corrected chi connectivity index (χ3v) is 7.55. The van der Waals surface area contributed by atoms with E-state index in [0.29, 0.717) is 32.1 Å². The Morgan fingerprint density at radius 2 is 1.92 bits per heavy atom. The monoisotopic (exact) mass is 682 g/mol. The van der Waals surface area contributed by atoms with Gasteiger partial charge in [0.15, 0.2) is 28.1 Å². The molecule has 0 bridgehead atoms. The maximum atomic E-state index is 13.4. The lowest BCUT2D eigenvalue weighted by Crippen LogP contribution is -2.54. The van der Waals surface area contributed by atoms with Gasteiger partial charge >= 0.3 is 0 Å². The number of halogens is 3. The summed E-state index contributed by atoms with van der Waals surface area (Å²) in [4.78, 5) is 27.3. The Morgan fingerprint density at radius 1 is 1.13 bits per heavy atom. The summed E-state index contributed by atoms with van der Waals surface area (Å²) in [6.45, 7) is 0.454. The molecule has 1 saturated heterocycles. The predicted octanol–water partition coefficient (Wildman–Crippen LogP) is 5.75. The first-order chi connectivity index (χ1) is 18.3. The van der Waals surface area contributed by atoms with Gasteiger partial charge in [0.25, 0.3) is 11.8 Å². The number of anilines is 1. The topological polar surface area (TPSA) is 86.3 Å². The average molecular weight is 683 g/mol. The fraction of sp³-hybridized carbons (Fsp3) is 0.115. The quantitative estimate of drug-likeness (QED) is 0.154. The van der Waals surface area contributed by atoms with E-state index in [2.05, 4.69) is 27.9 Å². The normalized spacial score (nSPS) is 15.6. The van der Waals surface area contributed by atoms with Crippen LogP contribution in [0, 0.1) is 3.57 Å². The molecule has 0 radical (unpaired) electrons. The number of carbonyl (C=O) groups is 2. The van der Waals surface area contributed by atoms with Crippen LogP contribution in [0.25, 0.3) is 6.08 Å². The van der Waals surface area contributed by atoms with Gasteiger partial charge in [-0.05, 0) is 88.4 Å². The molecule has 0 atom stereocenters. The van der Waals surface area contributed by atoms with Crippen LogP contribution in [-0.4, -0.2) is 30.8 Å². The molecule has 5 rings (SSSR count). The van der Waals surface area contributed by atoms with Crippen LogP contribution in [0.5, 0.6) is 23.0 Å². The van der Waals surface area contributed by atoms with Crippen LogP contribution in [0.1, 0.15) is 11.1 Å². The van der Waals surface area contributed by atoms with Crippen molar-refractivity contribution in [3.8, 4) is 23.0 Å². The number of amides is 2. The Bertz CT molecular complexity index is 1530. The first-order valence-corrected chi connectivity index (χ1v) is 13.3. The number of rotatable bonds is 6. The molecule has 194 valence electrons. The SMILES string of the molecule is COc1cc(/C=C2\C(=O)NC(=S)N(c3cccc(Cl)c3Cl)C2=O)cc(I)c1OCc1ccc2c(c1)OCO2. The van der Waals surface area contributed by atoms with Gasteiger partial charge in [0.1, 0.15) is 12.2 Å². The highest BCUT2D eigenvalue weighted by Gasteiger charge is 2.35. The number of benzene rings is 3. The fourth-order valence-corrected chi connectivity index (χ4v) is 5.29. The maximum absolute atomic E-state index is 13.4. The zero-order valence-electron chi connectivity index (χ0n) is 19.5. The molecule has 0 unspecified atom stereocenters. The first-order valence-electron chi connectivity index (χ1n) is 11.0. The molecule has 2 heterocycles. The van der Waals surface area contributed by atoms with Gasteiger partial charge in [0, 0.05) is 0 Å². The minimum atomic E-state index is -0.639. The van der Waals surface area contributed by atoms with E-state index in [-0.39, 0.29) is 39.8 Å². The van der Waals surface area contributed by atoms with E-state index in [0.717, 1.165) is 10.5 Å². The largest absolute Gasteiger partial charge is 0.493 e.